The number of sulfonamides is 1. The zero-order valence-electron chi connectivity index (χ0n) is 16.3. The lowest BCUT2D eigenvalue weighted by Gasteiger charge is -2.33. The molecule has 0 spiro atoms. The number of rotatable bonds is 7. The van der Waals surface area contributed by atoms with Crippen LogP contribution in [0.15, 0.2) is 4.99 Å². The van der Waals surface area contributed by atoms with Crippen LogP contribution < -0.4 is 10.6 Å². The zero-order valence-corrected chi connectivity index (χ0v) is 17.1. The van der Waals surface area contributed by atoms with Gasteiger partial charge in [-0.05, 0) is 38.5 Å². The number of guanidine groups is 1. The highest BCUT2D eigenvalue weighted by atomic mass is 32.2. The van der Waals surface area contributed by atoms with E-state index in [2.05, 4.69) is 15.6 Å². The number of likely N-dealkylation sites (tertiary alicyclic amines) is 1. The molecule has 2 heterocycles. The summed E-state index contributed by atoms with van der Waals surface area (Å²) in [7, 11) is -3.10. The number of piperidine rings is 2. The molecule has 0 radical (unpaired) electrons. The number of hydrogen-bond donors (Lipinski definition) is 2. The molecule has 0 aromatic heterocycles. The van der Waals surface area contributed by atoms with Crippen LogP contribution in [-0.4, -0.2) is 88.1 Å². The molecule has 2 aliphatic rings. The third kappa shape index (κ3) is 7.87. The van der Waals surface area contributed by atoms with Gasteiger partial charge in [0.1, 0.15) is 0 Å². The highest BCUT2D eigenvalue weighted by Gasteiger charge is 2.25. The van der Waals surface area contributed by atoms with Crippen LogP contribution in [-0.2, 0) is 10.0 Å². The van der Waals surface area contributed by atoms with Gasteiger partial charge in [-0.3, -0.25) is 9.89 Å². The summed E-state index contributed by atoms with van der Waals surface area (Å²) in [4.78, 5) is 6.49. The van der Waals surface area contributed by atoms with Crippen LogP contribution in [0.3, 0.4) is 0 Å². The maximum absolute atomic E-state index is 12.5. The highest BCUT2D eigenvalue weighted by molar-refractivity contribution is 7.88. The van der Waals surface area contributed by atoms with Crippen LogP contribution in [0, 0.1) is 5.92 Å². The van der Waals surface area contributed by atoms with E-state index in [1.54, 1.807) is 0 Å². The largest absolute Gasteiger partial charge is 0.357 e. The third-order valence-corrected chi connectivity index (χ3v) is 6.52. The Labute approximate surface area is 161 Å². The lowest BCUT2D eigenvalue weighted by atomic mass is 9.98. The number of halogens is 2. The van der Waals surface area contributed by atoms with Crippen molar-refractivity contribution >= 4 is 16.0 Å². The quantitative estimate of drug-likeness (QED) is 0.484. The molecule has 10 heteroatoms. The van der Waals surface area contributed by atoms with E-state index < -0.39 is 16.4 Å². The molecule has 0 aromatic rings. The smallest absolute Gasteiger partial charge is 0.251 e. The molecule has 2 saturated heterocycles. The van der Waals surface area contributed by atoms with Gasteiger partial charge in [-0.25, -0.2) is 21.5 Å². The fourth-order valence-electron chi connectivity index (χ4n) is 3.61. The van der Waals surface area contributed by atoms with Crippen LogP contribution in [0.2, 0.25) is 0 Å². The van der Waals surface area contributed by atoms with Crippen molar-refractivity contribution < 1.29 is 17.2 Å². The minimum absolute atomic E-state index is 0.146. The number of alkyl halides is 2. The molecule has 0 aromatic carbocycles. The SMILES string of the molecule is CCNC(=NCC1CCN(S(C)(=O)=O)CC1)NC1CCN(CC(F)F)CC1. The molecular formula is C17H33F2N5O2S. The summed E-state index contributed by atoms with van der Waals surface area (Å²) >= 11 is 0. The van der Waals surface area contributed by atoms with Crippen LogP contribution >= 0.6 is 0 Å². The Hall–Kier alpha value is -1.00. The lowest BCUT2D eigenvalue weighted by Crippen LogP contribution is -2.49. The predicted molar refractivity (Wildman–Crippen MR) is 104 cm³/mol. The summed E-state index contributed by atoms with van der Waals surface area (Å²) in [5, 5.41) is 6.67. The standard InChI is InChI=1S/C17H33F2N5O2S/c1-3-20-17(22-15-6-8-23(9-7-15)13-16(18)19)21-12-14-4-10-24(11-5-14)27(2,25)26/h14-16H,3-13H2,1-2H3,(H2,20,21,22). The van der Waals surface area contributed by atoms with E-state index >= 15 is 0 Å². The van der Waals surface area contributed by atoms with Gasteiger partial charge >= 0.3 is 0 Å². The molecule has 2 fully saturated rings. The second-order valence-corrected chi connectivity index (χ2v) is 9.42. The van der Waals surface area contributed by atoms with E-state index in [-0.39, 0.29) is 12.6 Å². The zero-order chi connectivity index (χ0) is 19.9. The predicted octanol–water partition coefficient (Wildman–Crippen LogP) is 0.943. The van der Waals surface area contributed by atoms with E-state index in [1.807, 2.05) is 11.8 Å². The molecule has 0 amide bonds. The first-order chi connectivity index (χ1) is 12.8. The topological polar surface area (TPSA) is 77.0 Å². The normalized spacial score (nSPS) is 22.3. The first-order valence-electron chi connectivity index (χ1n) is 9.78. The summed E-state index contributed by atoms with van der Waals surface area (Å²) in [6.07, 6.45) is 2.27. The van der Waals surface area contributed by atoms with E-state index in [9.17, 15) is 17.2 Å². The molecule has 0 bridgehead atoms. The summed E-state index contributed by atoms with van der Waals surface area (Å²) in [6, 6.07) is 0.240. The van der Waals surface area contributed by atoms with Crippen molar-refractivity contribution in [3.8, 4) is 0 Å². The van der Waals surface area contributed by atoms with Crippen LogP contribution in [0.25, 0.3) is 0 Å². The van der Waals surface area contributed by atoms with Gasteiger partial charge in [0.25, 0.3) is 6.43 Å². The monoisotopic (exact) mass is 409 g/mol. The second-order valence-electron chi connectivity index (χ2n) is 7.44. The first-order valence-corrected chi connectivity index (χ1v) is 11.6. The summed E-state index contributed by atoms with van der Waals surface area (Å²) in [5.41, 5.74) is 0. The number of aliphatic imine (C=N–C) groups is 1. The molecule has 0 atom stereocenters. The molecule has 2 rings (SSSR count). The average molecular weight is 410 g/mol. The van der Waals surface area contributed by atoms with Gasteiger partial charge in [-0.2, -0.15) is 0 Å². The van der Waals surface area contributed by atoms with Crippen molar-refractivity contribution in [2.45, 2.75) is 45.1 Å². The maximum Gasteiger partial charge on any atom is 0.251 e. The first kappa shape index (κ1) is 22.3. The molecule has 0 unspecified atom stereocenters. The average Bonchev–Trinajstić information content (AvgIpc) is 2.61. The van der Waals surface area contributed by atoms with E-state index in [1.165, 1.54) is 10.6 Å². The Kier molecular flexibility index (Phi) is 8.68. The molecule has 27 heavy (non-hydrogen) atoms. The second kappa shape index (κ2) is 10.5. The van der Waals surface area contributed by atoms with Gasteiger partial charge in [0.15, 0.2) is 5.96 Å². The van der Waals surface area contributed by atoms with Gasteiger partial charge in [0.2, 0.25) is 10.0 Å². The van der Waals surface area contributed by atoms with Gasteiger partial charge in [0, 0.05) is 45.3 Å². The van der Waals surface area contributed by atoms with Crippen molar-refractivity contribution in [1.82, 2.24) is 19.8 Å². The highest BCUT2D eigenvalue weighted by Crippen LogP contribution is 2.19. The Morgan fingerprint density at radius 3 is 2.30 bits per heavy atom. The van der Waals surface area contributed by atoms with E-state index in [4.69, 9.17) is 0 Å². The summed E-state index contributed by atoms with van der Waals surface area (Å²) in [6.45, 7) is 5.74. The molecule has 158 valence electrons. The van der Waals surface area contributed by atoms with Crippen molar-refractivity contribution in [1.29, 1.82) is 0 Å². The maximum atomic E-state index is 12.5. The molecular weight excluding hydrogens is 376 g/mol. The lowest BCUT2D eigenvalue weighted by molar-refractivity contribution is 0.0744. The Balaban J connectivity index is 1.78. The summed E-state index contributed by atoms with van der Waals surface area (Å²) in [5.74, 6) is 1.14. The molecule has 0 saturated carbocycles. The Morgan fingerprint density at radius 1 is 1.15 bits per heavy atom. The minimum Gasteiger partial charge on any atom is -0.357 e. The van der Waals surface area contributed by atoms with Gasteiger partial charge in [0.05, 0.1) is 12.8 Å². The van der Waals surface area contributed by atoms with E-state index in [0.717, 1.165) is 38.2 Å². The third-order valence-electron chi connectivity index (χ3n) is 5.22. The van der Waals surface area contributed by atoms with Crippen LogP contribution in [0.4, 0.5) is 8.78 Å². The van der Waals surface area contributed by atoms with Gasteiger partial charge in [-0.1, -0.05) is 0 Å². The van der Waals surface area contributed by atoms with Crippen LogP contribution in [0.1, 0.15) is 32.6 Å². The molecule has 2 aliphatic heterocycles. The van der Waals surface area contributed by atoms with Gasteiger partial charge in [-0.15, -0.1) is 0 Å². The Bertz CT molecular complexity index is 572. The molecule has 7 nitrogen and oxygen atoms in total. The Morgan fingerprint density at radius 2 is 1.78 bits per heavy atom. The van der Waals surface area contributed by atoms with E-state index in [0.29, 0.717) is 38.6 Å². The van der Waals surface area contributed by atoms with Crippen molar-refractivity contribution in [2.24, 2.45) is 10.9 Å². The summed E-state index contributed by atoms with van der Waals surface area (Å²) < 4.78 is 49.6. The number of nitrogens with one attached hydrogen (secondary N) is 2. The molecule has 0 aliphatic carbocycles. The fourth-order valence-corrected chi connectivity index (χ4v) is 4.49. The van der Waals surface area contributed by atoms with Crippen molar-refractivity contribution in [3.05, 3.63) is 0 Å². The fraction of sp³-hybridized carbons (Fsp3) is 0.941. The minimum atomic E-state index is -3.10. The van der Waals surface area contributed by atoms with Crippen LogP contribution in [0.5, 0.6) is 0 Å². The van der Waals surface area contributed by atoms with Crippen molar-refractivity contribution in [2.75, 3.05) is 52.1 Å². The number of hydrogen-bond acceptors (Lipinski definition) is 4. The van der Waals surface area contributed by atoms with Gasteiger partial charge < -0.3 is 10.6 Å². The number of nitrogens with zero attached hydrogens (tertiary/aromatic N) is 3. The van der Waals surface area contributed by atoms with Crippen molar-refractivity contribution in [3.63, 3.8) is 0 Å². The molecule has 2 N–H and O–H groups in total.